The van der Waals surface area contributed by atoms with Crippen LogP contribution in [-0.2, 0) is 11.3 Å². The zero-order chi connectivity index (χ0) is 27.9. The van der Waals surface area contributed by atoms with Gasteiger partial charge in [0, 0.05) is 54.3 Å². The van der Waals surface area contributed by atoms with Gasteiger partial charge in [-0.15, -0.1) is 0 Å². The first-order valence-corrected chi connectivity index (χ1v) is 14.2. The molecule has 0 atom stereocenters. The molecule has 1 saturated heterocycles. The minimum atomic E-state index is -0.0955. The molecule has 0 spiro atoms. The number of nitrogens with two attached hydrogens (primary N) is 1. The molecule has 0 unspecified atom stereocenters. The number of carbonyl (C=O) groups excluding carboxylic acids is 2. The van der Waals surface area contributed by atoms with Crippen molar-refractivity contribution >= 4 is 34.1 Å². The fourth-order valence-electron chi connectivity index (χ4n) is 5.52. The van der Waals surface area contributed by atoms with Gasteiger partial charge in [-0.05, 0) is 75.5 Å². The van der Waals surface area contributed by atoms with Crippen LogP contribution in [0, 0.1) is 5.92 Å². The molecule has 2 aliphatic heterocycles. The van der Waals surface area contributed by atoms with E-state index in [1.165, 1.54) is 0 Å². The van der Waals surface area contributed by atoms with Gasteiger partial charge in [-0.1, -0.05) is 38.1 Å². The Kier molecular flexibility index (Phi) is 9.41. The number of fused-ring (bicyclic) bond motifs is 1. The van der Waals surface area contributed by atoms with Gasteiger partial charge in [0.1, 0.15) is 11.5 Å². The molecule has 2 aliphatic rings. The molecule has 3 aromatic rings. The van der Waals surface area contributed by atoms with Gasteiger partial charge in [-0.2, -0.15) is 0 Å². The van der Waals surface area contributed by atoms with Gasteiger partial charge in [0.05, 0.1) is 0 Å². The summed E-state index contributed by atoms with van der Waals surface area (Å²) in [6.07, 6.45) is 6.35. The van der Waals surface area contributed by atoms with Crippen molar-refractivity contribution in [2.45, 2.75) is 59.5 Å². The molecule has 0 bridgehead atoms. The highest BCUT2D eigenvalue weighted by atomic mass is 16.2. The number of anilines is 1. The monoisotopic (exact) mass is 530 g/mol. The molecule has 8 heteroatoms. The highest BCUT2D eigenvalue weighted by Gasteiger charge is 2.30. The summed E-state index contributed by atoms with van der Waals surface area (Å²) in [7, 11) is 0. The SMILES string of the molecule is CC.CC(C)NC(=O)c1[nH]c2ccccc2c1C1=CCN(C(=O)C2CCN(Cc3ccnc(N)c3)CC2)CC1. The number of carbonyl (C=O) groups is 2. The topological polar surface area (TPSA) is 107 Å². The van der Waals surface area contributed by atoms with Gasteiger partial charge in [0.25, 0.3) is 5.91 Å². The van der Waals surface area contributed by atoms with Gasteiger partial charge >= 0.3 is 0 Å². The molecule has 0 saturated carbocycles. The number of nitrogen functional groups attached to an aromatic ring is 1. The molecule has 2 amide bonds. The number of hydrogen-bond donors (Lipinski definition) is 3. The summed E-state index contributed by atoms with van der Waals surface area (Å²) < 4.78 is 0. The Morgan fingerprint density at radius 1 is 1.13 bits per heavy atom. The fraction of sp³-hybridized carbons (Fsp3) is 0.452. The number of H-pyrrole nitrogens is 1. The Balaban J connectivity index is 0.00000172. The van der Waals surface area contributed by atoms with E-state index in [9.17, 15) is 9.59 Å². The molecular weight excluding hydrogens is 488 g/mol. The number of benzene rings is 1. The Morgan fingerprint density at radius 2 is 1.87 bits per heavy atom. The smallest absolute Gasteiger partial charge is 0.268 e. The van der Waals surface area contributed by atoms with E-state index in [-0.39, 0.29) is 23.8 Å². The minimum Gasteiger partial charge on any atom is -0.384 e. The average molecular weight is 531 g/mol. The second-order valence-corrected chi connectivity index (χ2v) is 10.5. The third-order valence-corrected chi connectivity index (χ3v) is 7.38. The van der Waals surface area contributed by atoms with E-state index in [0.717, 1.165) is 66.5 Å². The number of aromatic nitrogens is 2. The van der Waals surface area contributed by atoms with Crippen molar-refractivity contribution in [3.8, 4) is 0 Å². The highest BCUT2D eigenvalue weighted by molar-refractivity contribution is 6.07. The quantitative estimate of drug-likeness (QED) is 0.423. The van der Waals surface area contributed by atoms with E-state index < -0.39 is 0 Å². The van der Waals surface area contributed by atoms with Crippen molar-refractivity contribution in [3.63, 3.8) is 0 Å². The molecule has 5 rings (SSSR count). The third kappa shape index (κ3) is 6.68. The standard InChI is InChI=1S/C29H36N6O2.C2H6/c1-19(2)32-28(36)27-26(23-5-3-4-6-24(23)33-27)21-10-15-35(16-11-21)29(37)22-8-13-34(14-9-22)18-20-7-12-31-25(30)17-20;1-2/h3-7,10,12,17,19,22,33H,8-9,11,13-16,18H2,1-2H3,(H2,30,31)(H,32,36);1-2H3. The van der Waals surface area contributed by atoms with Crippen molar-refractivity contribution < 1.29 is 9.59 Å². The Hall–Kier alpha value is -3.65. The minimum absolute atomic E-state index is 0.0504. The molecule has 4 N–H and O–H groups in total. The Morgan fingerprint density at radius 3 is 2.54 bits per heavy atom. The molecule has 8 nitrogen and oxygen atoms in total. The van der Waals surface area contributed by atoms with Crippen molar-refractivity contribution in [1.82, 2.24) is 25.1 Å². The number of para-hydroxylation sites is 1. The van der Waals surface area contributed by atoms with Crippen LogP contribution in [0.5, 0.6) is 0 Å². The van der Waals surface area contributed by atoms with Crippen molar-refractivity contribution in [2.75, 3.05) is 31.9 Å². The number of rotatable bonds is 6. The van der Waals surface area contributed by atoms with E-state index in [1.54, 1.807) is 6.20 Å². The van der Waals surface area contributed by atoms with Gasteiger partial charge in [0.2, 0.25) is 5.91 Å². The zero-order valence-corrected chi connectivity index (χ0v) is 23.7. The van der Waals surface area contributed by atoms with Gasteiger partial charge in [-0.25, -0.2) is 4.98 Å². The number of aromatic amines is 1. The lowest BCUT2D eigenvalue weighted by molar-refractivity contribution is -0.136. The van der Waals surface area contributed by atoms with Crippen LogP contribution < -0.4 is 11.1 Å². The molecule has 0 aliphatic carbocycles. The molecular formula is C31H42N6O2. The van der Waals surface area contributed by atoms with Crippen LogP contribution in [-0.4, -0.2) is 63.8 Å². The van der Waals surface area contributed by atoms with E-state index in [4.69, 9.17) is 5.73 Å². The number of nitrogens with one attached hydrogen (secondary N) is 2. The zero-order valence-electron chi connectivity index (χ0n) is 23.7. The summed E-state index contributed by atoms with van der Waals surface area (Å²) in [6.45, 7) is 11.8. The van der Waals surface area contributed by atoms with E-state index in [2.05, 4.69) is 32.3 Å². The van der Waals surface area contributed by atoms with Gasteiger partial charge < -0.3 is 20.9 Å². The van der Waals surface area contributed by atoms with Crippen molar-refractivity contribution in [1.29, 1.82) is 0 Å². The number of hydrogen-bond acceptors (Lipinski definition) is 5. The first-order chi connectivity index (χ1) is 18.9. The number of likely N-dealkylation sites (tertiary alicyclic amines) is 1. The number of piperidine rings is 1. The summed E-state index contributed by atoms with van der Waals surface area (Å²) in [5.41, 5.74) is 10.6. The van der Waals surface area contributed by atoms with E-state index in [0.29, 0.717) is 24.6 Å². The van der Waals surface area contributed by atoms with Crippen LogP contribution in [0.15, 0.2) is 48.7 Å². The van der Waals surface area contributed by atoms with Crippen molar-refractivity contribution in [3.05, 3.63) is 65.5 Å². The maximum Gasteiger partial charge on any atom is 0.268 e. The summed E-state index contributed by atoms with van der Waals surface area (Å²) in [5.74, 6) is 0.760. The molecule has 208 valence electrons. The molecule has 39 heavy (non-hydrogen) atoms. The fourth-order valence-corrected chi connectivity index (χ4v) is 5.52. The lowest BCUT2D eigenvalue weighted by Gasteiger charge is -2.35. The predicted molar refractivity (Wildman–Crippen MR) is 158 cm³/mol. The third-order valence-electron chi connectivity index (χ3n) is 7.38. The first kappa shape index (κ1) is 28.4. The lowest BCUT2D eigenvalue weighted by Crippen LogP contribution is -2.43. The second kappa shape index (κ2) is 12.9. The highest BCUT2D eigenvalue weighted by Crippen LogP contribution is 2.33. The van der Waals surface area contributed by atoms with Crippen LogP contribution in [0.4, 0.5) is 5.82 Å². The average Bonchev–Trinajstić information content (AvgIpc) is 3.34. The normalized spacial score (nSPS) is 16.5. The first-order valence-electron chi connectivity index (χ1n) is 14.2. The Bertz CT molecular complexity index is 1320. The predicted octanol–water partition coefficient (Wildman–Crippen LogP) is 4.84. The summed E-state index contributed by atoms with van der Waals surface area (Å²) in [6, 6.07) is 12.0. The van der Waals surface area contributed by atoms with Crippen LogP contribution in [0.3, 0.4) is 0 Å². The van der Waals surface area contributed by atoms with E-state index >= 15 is 0 Å². The maximum atomic E-state index is 13.3. The summed E-state index contributed by atoms with van der Waals surface area (Å²) >= 11 is 0. The van der Waals surface area contributed by atoms with E-state index in [1.807, 2.05) is 62.9 Å². The van der Waals surface area contributed by atoms with Crippen LogP contribution in [0.2, 0.25) is 0 Å². The van der Waals surface area contributed by atoms with Crippen LogP contribution in [0.25, 0.3) is 16.5 Å². The number of amides is 2. The lowest BCUT2D eigenvalue weighted by atomic mass is 9.92. The summed E-state index contributed by atoms with van der Waals surface area (Å²) in [4.78, 5) is 38.1. The number of nitrogens with zero attached hydrogens (tertiary/aromatic N) is 3. The van der Waals surface area contributed by atoms with Crippen molar-refractivity contribution in [2.24, 2.45) is 5.92 Å². The van der Waals surface area contributed by atoms with Crippen LogP contribution >= 0.6 is 0 Å². The molecule has 2 aromatic heterocycles. The van der Waals surface area contributed by atoms with Gasteiger partial charge in [-0.3, -0.25) is 14.5 Å². The summed E-state index contributed by atoms with van der Waals surface area (Å²) in [5, 5.41) is 4.06. The molecule has 1 fully saturated rings. The largest absolute Gasteiger partial charge is 0.384 e. The molecule has 4 heterocycles. The maximum absolute atomic E-state index is 13.3. The van der Waals surface area contributed by atoms with Crippen LogP contribution in [0.1, 0.15) is 68.6 Å². The Labute approximate surface area is 231 Å². The number of pyridine rings is 1. The molecule has 0 radical (unpaired) electrons. The van der Waals surface area contributed by atoms with Gasteiger partial charge in [0.15, 0.2) is 0 Å². The molecule has 1 aromatic carbocycles. The second-order valence-electron chi connectivity index (χ2n) is 10.5.